The Hall–Kier alpha value is -2.56. The van der Waals surface area contributed by atoms with Crippen LogP contribution in [0.3, 0.4) is 0 Å². The number of nitrogen functional groups attached to an aromatic ring is 1. The maximum Gasteiger partial charge on any atom is 0.337 e. The van der Waals surface area contributed by atoms with Crippen molar-refractivity contribution in [2.45, 2.75) is 6.92 Å². The van der Waals surface area contributed by atoms with Crippen LogP contribution in [0.25, 0.3) is 0 Å². The smallest absolute Gasteiger partial charge is 0.337 e. The van der Waals surface area contributed by atoms with E-state index in [4.69, 9.17) is 10.8 Å². The molecule has 2 rings (SSSR count). The van der Waals surface area contributed by atoms with E-state index in [0.717, 1.165) is 0 Å². The zero-order chi connectivity index (χ0) is 14.0. The minimum Gasteiger partial charge on any atom is -0.478 e. The summed E-state index contributed by atoms with van der Waals surface area (Å²) in [5, 5.41) is 12.0. The summed E-state index contributed by atoms with van der Waals surface area (Å²) in [6.07, 6.45) is 0. The van der Waals surface area contributed by atoms with E-state index in [0.29, 0.717) is 22.6 Å². The Morgan fingerprint density at radius 1 is 1.26 bits per heavy atom. The molecule has 0 saturated heterocycles. The first-order valence-electron chi connectivity index (χ1n) is 5.64. The molecule has 0 aliphatic carbocycles. The van der Waals surface area contributed by atoms with Crippen LogP contribution in [-0.2, 0) is 0 Å². The second-order valence-electron chi connectivity index (χ2n) is 4.15. The van der Waals surface area contributed by atoms with Crippen LogP contribution in [-0.4, -0.2) is 11.1 Å². The van der Waals surface area contributed by atoms with Gasteiger partial charge in [-0.1, -0.05) is 6.07 Å². The average molecular weight is 260 g/mol. The SMILES string of the molecule is Cc1c(F)cccc1Nc1ccc(N)cc1C(=O)O. The first kappa shape index (κ1) is 12.9. The minimum atomic E-state index is -1.09. The number of rotatable bonds is 3. The molecule has 4 nitrogen and oxygen atoms in total. The number of nitrogens with one attached hydrogen (secondary N) is 1. The third-order valence-corrected chi connectivity index (χ3v) is 2.81. The summed E-state index contributed by atoms with van der Waals surface area (Å²) >= 11 is 0. The van der Waals surface area contributed by atoms with Gasteiger partial charge in [-0.2, -0.15) is 0 Å². The number of carboxylic acids is 1. The molecule has 4 N–H and O–H groups in total. The van der Waals surface area contributed by atoms with E-state index in [2.05, 4.69) is 5.32 Å². The van der Waals surface area contributed by atoms with Crippen molar-refractivity contribution in [1.29, 1.82) is 0 Å². The topological polar surface area (TPSA) is 75.3 Å². The van der Waals surface area contributed by atoms with Gasteiger partial charge in [-0.25, -0.2) is 9.18 Å². The van der Waals surface area contributed by atoms with Crippen LogP contribution in [0.2, 0.25) is 0 Å². The van der Waals surface area contributed by atoms with Gasteiger partial charge in [0.25, 0.3) is 0 Å². The molecule has 0 saturated carbocycles. The third kappa shape index (κ3) is 2.65. The number of carbonyl (C=O) groups is 1. The normalized spacial score (nSPS) is 10.2. The van der Waals surface area contributed by atoms with Crippen molar-refractivity contribution in [2.24, 2.45) is 0 Å². The van der Waals surface area contributed by atoms with Gasteiger partial charge in [-0.05, 0) is 37.3 Å². The number of anilines is 3. The van der Waals surface area contributed by atoms with E-state index in [9.17, 15) is 9.18 Å². The van der Waals surface area contributed by atoms with Crippen molar-refractivity contribution in [2.75, 3.05) is 11.1 Å². The van der Waals surface area contributed by atoms with E-state index < -0.39 is 5.97 Å². The zero-order valence-corrected chi connectivity index (χ0v) is 10.3. The lowest BCUT2D eigenvalue weighted by Gasteiger charge is -2.12. The molecule has 0 aliphatic heterocycles. The predicted octanol–water partition coefficient (Wildman–Crippen LogP) is 3.16. The molecular formula is C14H13FN2O2. The number of aromatic carboxylic acids is 1. The molecule has 0 bridgehead atoms. The number of hydrogen-bond donors (Lipinski definition) is 3. The number of nitrogens with two attached hydrogens (primary N) is 1. The van der Waals surface area contributed by atoms with E-state index >= 15 is 0 Å². The second-order valence-corrected chi connectivity index (χ2v) is 4.15. The van der Waals surface area contributed by atoms with Crippen molar-refractivity contribution in [3.63, 3.8) is 0 Å². The lowest BCUT2D eigenvalue weighted by molar-refractivity contribution is 0.0698. The molecule has 0 fully saturated rings. The summed E-state index contributed by atoms with van der Waals surface area (Å²) in [6, 6.07) is 9.09. The molecule has 0 amide bonds. The minimum absolute atomic E-state index is 0.0451. The van der Waals surface area contributed by atoms with Gasteiger partial charge in [0.05, 0.1) is 11.3 Å². The summed E-state index contributed by atoms with van der Waals surface area (Å²) in [7, 11) is 0. The molecule has 98 valence electrons. The molecule has 5 heteroatoms. The fourth-order valence-corrected chi connectivity index (χ4v) is 1.74. The lowest BCUT2D eigenvalue weighted by atomic mass is 10.1. The maximum atomic E-state index is 13.4. The Bertz CT molecular complexity index is 641. The number of carboxylic acid groups (broad SMARTS) is 1. The highest BCUT2D eigenvalue weighted by Crippen LogP contribution is 2.26. The van der Waals surface area contributed by atoms with Crippen LogP contribution in [0, 0.1) is 12.7 Å². The lowest BCUT2D eigenvalue weighted by Crippen LogP contribution is -2.05. The van der Waals surface area contributed by atoms with Crippen LogP contribution < -0.4 is 11.1 Å². The van der Waals surface area contributed by atoms with Crippen LogP contribution in [0.4, 0.5) is 21.5 Å². The van der Waals surface area contributed by atoms with Gasteiger partial charge in [0.2, 0.25) is 0 Å². The summed E-state index contributed by atoms with van der Waals surface area (Å²) in [5.41, 5.74) is 7.28. The Morgan fingerprint density at radius 3 is 2.68 bits per heavy atom. The highest BCUT2D eigenvalue weighted by Gasteiger charge is 2.12. The molecule has 19 heavy (non-hydrogen) atoms. The number of hydrogen-bond acceptors (Lipinski definition) is 3. The van der Waals surface area contributed by atoms with Crippen LogP contribution in [0.1, 0.15) is 15.9 Å². The molecule has 0 heterocycles. The van der Waals surface area contributed by atoms with Crippen LogP contribution in [0.5, 0.6) is 0 Å². The fourth-order valence-electron chi connectivity index (χ4n) is 1.74. The van der Waals surface area contributed by atoms with Gasteiger partial charge in [0.15, 0.2) is 0 Å². The quantitative estimate of drug-likeness (QED) is 0.741. The van der Waals surface area contributed by atoms with Gasteiger partial charge < -0.3 is 16.2 Å². The number of halogens is 1. The molecular weight excluding hydrogens is 247 g/mol. The second kappa shape index (κ2) is 4.97. The molecule has 0 atom stereocenters. The van der Waals surface area contributed by atoms with Gasteiger partial charge in [-0.3, -0.25) is 0 Å². The highest BCUT2D eigenvalue weighted by atomic mass is 19.1. The number of benzene rings is 2. The first-order valence-corrected chi connectivity index (χ1v) is 5.64. The summed E-state index contributed by atoms with van der Waals surface area (Å²) in [4.78, 5) is 11.1. The van der Waals surface area contributed by atoms with E-state index in [1.807, 2.05) is 0 Å². The average Bonchev–Trinajstić information content (AvgIpc) is 2.36. The molecule has 0 spiro atoms. The van der Waals surface area contributed by atoms with Crippen molar-refractivity contribution in [3.05, 3.63) is 53.3 Å². The third-order valence-electron chi connectivity index (χ3n) is 2.81. The molecule has 0 aliphatic rings. The standard InChI is InChI=1S/C14H13FN2O2/c1-8-11(15)3-2-4-12(8)17-13-6-5-9(16)7-10(13)14(18)19/h2-7,17H,16H2,1H3,(H,18,19). The van der Waals surface area contributed by atoms with E-state index in [1.54, 1.807) is 31.2 Å². The van der Waals surface area contributed by atoms with Crippen molar-refractivity contribution < 1.29 is 14.3 Å². The summed E-state index contributed by atoms with van der Waals surface area (Å²) < 4.78 is 13.4. The molecule has 0 aromatic heterocycles. The predicted molar refractivity (Wildman–Crippen MR) is 72.2 cm³/mol. The van der Waals surface area contributed by atoms with Crippen molar-refractivity contribution >= 4 is 23.0 Å². The van der Waals surface area contributed by atoms with Crippen molar-refractivity contribution in [1.82, 2.24) is 0 Å². The Balaban J connectivity index is 2.44. The first-order chi connectivity index (χ1) is 8.99. The van der Waals surface area contributed by atoms with Crippen LogP contribution in [0.15, 0.2) is 36.4 Å². The van der Waals surface area contributed by atoms with Gasteiger partial charge in [0, 0.05) is 16.9 Å². The van der Waals surface area contributed by atoms with Gasteiger partial charge in [0.1, 0.15) is 5.82 Å². The maximum absolute atomic E-state index is 13.4. The molecule has 2 aromatic carbocycles. The van der Waals surface area contributed by atoms with Crippen LogP contribution >= 0.6 is 0 Å². The monoisotopic (exact) mass is 260 g/mol. The Morgan fingerprint density at radius 2 is 2.00 bits per heavy atom. The van der Waals surface area contributed by atoms with Crippen molar-refractivity contribution in [3.8, 4) is 0 Å². The summed E-state index contributed by atoms with van der Waals surface area (Å²) in [6.45, 7) is 1.62. The molecule has 2 aromatic rings. The highest BCUT2D eigenvalue weighted by molar-refractivity contribution is 5.96. The fraction of sp³-hybridized carbons (Fsp3) is 0.0714. The van der Waals surface area contributed by atoms with E-state index in [-0.39, 0.29) is 11.4 Å². The van der Waals surface area contributed by atoms with Gasteiger partial charge >= 0.3 is 5.97 Å². The largest absolute Gasteiger partial charge is 0.478 e. The molecule has 0 unspecified atom stereocenters. The summed E-state index contributed by atoms with van der Waals surface area (Å²) in [5.74, 6) is -1.44. The Kier molecular flexibility index (Phi) is 3.37. The van der Waals surface area contributed by atoms with E-state index in [1.165, 1.54) is 12.1 Å². The Labute approximate surface area is 109 Å². The van der Waals surface area contributed by atoms with Gasteiger partial charge in [-0.15, -0.1) is 0 Å². The molecule has 0 radical (unpaired) electrons. The zero-order valence-electron chi connectivity index (χ0n) is 10.3.